The molecule has 128 valence electrons. The SMILES string of the molecule is O=C1O[C@@H](CCc2ccon2)CN1c1ccc(NCCO)c(F)c1. The molecule has 8 heteroatoms. The number of hydrogen-bond donors (Lipinski definition) is 2. The quantitative estimate of drug-likeness (QED) is 0.806. The van der Waals surface area contributed by atoms with Crippen molar-refractivity contribution in [2.45, 2.75) is 18.9 Å². The Bertz CT molecular complexity index is 693. The summed E-state index contributed by atoms with van der Waals surface area (Å²) in [6.45, 7) is 0.526. The van der Waals surface area contributed by atoms with Crippen LogP contribution in [0.15, 0.2) is 35.1 Å². The molecular weight excluding hydrogens is 317 g/mol. The molecule has 0 spiro atoms. The number of ether oxygens (including phenoxy) is 1. The van der Waals surface area contributed by atoms with E-state index in [1.165, 1.54) is 23.3 Å². The predicted octanol–water partition coefficient (Wildman–Crippen LogP) is 2.18. The molecule has 1 amide bonds. The van der Waals surface area contributed by atoms with Gasteiger partial charge in [0.2, 0.25) is 0 Å². The normalized spacial score (nSPS) is 17.2. The number of aliphatic hydroxyl groups excluding tert-OH is 1. The zero-order valence-electron chi connectivity index (χ0n) is 12.9. The maximum Gasteiger partial charge on any atom is 0.414 e. The van der Waals surface area contributed by atoms with Crippen LogP contribution in [-0.4, -0.2) is 42.2 Å². The van der Waals surface area contributed by atoms with Crippen LogP contribution in [0.2, 0.25) is 0 Å². The Morgan fingerprint density at radius 1 is 1.42 bits per heavy atom. The molecule has 2 heterocycles. The predicted molar refractivity (Wildman–Crippen MR) is 84.4 cm³/mol. The molecule has 0 radical (unpaired) electrons. The second kappa shape index (κ2) is 7.31. The van der Waals surface area contributed by atoms with Crippen LogP contribution >= 0.6 is 0 Å². The molecule has 0 saturated carbocycles. The lowest BCUT2D eigenvalue weighted by atomic mass is 10.1. The molecule has 2 N–H and O–H groups in total. The van der Waals surface area contributed by atoms with Gasteiger partial charge in [0, 0.05) is 12.6 Å². The summed E-state index contributed by atoms with van der Waals surface area (Å²) in [7, 11) is 0. The Labute approximate surface area is 138 Å². The Morgan fingerprint density at radius 2 is 2.29 bits per heavy atom. The topological polar surface area (TPSA) is 87.8 Å². The first-order valence-electron chi connectivity index (χ1n) is 7.69. The molecule has 1 atom stereocenters. The number of nitrogens with zero attached hydrogens (tertiary/aromatic N) is 2. The molecule has 1 aromatic carbocycles. The van der Waals surface area contributed by atoms with Gasteiger partial charge >= 0.3 is 6.09 Å². The Kier molecular flexibility index (Phi) is 4.95. The standard InChI is InChI=1S/C16H18FN3O4/c17-14-9-12(2-4-15(14)18-6-7-21)20-10-13(24-16(20)22)3-1-11-5-8-23-19-11/h2,4-5,8-9,13,18,21H,1,3,6-7,10H2/t13-/m0/s1. The molecule has 24 heavy (non-hydrogen) atoms. The van der Waals surface area contributed by atoms with E-state index in [1.807, 2.05) is 0 Å². The summed E-state index contributed by atoms with van der Waals surface area (Å²) in [5.41, 5.74) is 1.52. The van der Waals surface area contributed by atoms with Crippen LogP contribution in [-0.2, 0) is 11.2 Å². The summed E-state index contributed by atoms with van der Waals surface area (Å²) in [6.07, 6.45) is 1.99. The van der Waals surface area contributed by atoms with Crippen molar-refractivity contribution in [3.63, 3.8) is 0 Å². The number of aliphatic hydroxyl groups is 1. The van der Waals surface area contributed by atoms with Crippen LogP contribution in [0, 0.1) is 5.82 Å². The molecule has 0 bridgehead atoms. The molecule has 0 aliphatic carbocycles. The Morgan fingerprint density at radius 3 is 3.00 bits per heavy atom. The molecule has 1 saturated heterocycles. The molecule has 7 nitrogen and oxygen atoms in total. The second-order valence-electron chi connectivity index (χ2n) is 5.46. The van der Waals surface area contributed by atoms with Crippen molar-refractivity contribution < 1.29 is 23.6 Å². The van der Waals surface area contributed by atoms with Crippen molar-refractivity contribution in [3.8, 4) is 0 Å². The van der Waals surface area contributed by atoms with Crippen LogP contribution in [0.3, 0.4) is 0 Å². The lowest BCUT2D eigenvalue weighted by Crippen LogP contribution is -2.24. The highest BCUT2D eigenvalue weighted by Gasteiger charge is 2.32. The number of nitrogens with one attached hydrogen (secondary N) is 1. The van der Waals surface area contributed by atoms with Gasteiger partial charge in [-0.2, -0.15) is 0 Å². The number of rotatable bonds is 7. The molecule has 2 aromatic rings. The maximum absolute atomic E-state index is 14.0. The fourth-order valence-electron chi connectivity index (χ4n) is 2.56. The summed E-state index contributed by atoms with van der Waals surface area (Å²) in [4.78, 5) is 13.4. The Hall–Kier alpha value is -2.61. The highest BCUT2D eigenvalue weighted by Crippen LogP contribution is 2.27. The van der Waals surface area contributed by atoms with Gasteiger partial charge in [-0.25, -0.2) is 9.18 Å². The smallest absolute Gasteiger partial charge is 0.414 e. The van der Waals surface area contributed by atoms with Crippen LogP contribution in [0.4, 0.5) is 20.6 Å². The average Bonchev–Trinajstić information content (AvgIpc) is 3.21. The summed E-state index contributed by atoms with van der Waals surface area (Å²) < 4.78 is 24.1. The van der Waals surface area contributed by atoms with Crippen LogP contribution in [0.1, 0.15) is 12.1 Å². The minimum absolute atomic E-state index is 0.0904. The number of anilines is 2. The molecule has 3 rings (SSSR count). The lowest BCUT2D eigenvalue weighted by molar-refractivity contribution is 0.136. The van der Waals surface area contributed by atoms with Gasteiger partial charge in [-0.05, 0) is 31.0 Å². The third kappa shape index (κ3) is 3.65. The van der Waals surface area contributed by atoms with E-state index in [-0.39, 0.29) is 24.9 Å². The van der Waals surface area contributed by atoms with Gasteiger partial charge in [-0.15, -0.1) is 0 Å². The molecule has 1 aliphatic rings. The average molecular weight is 335 g/mol. The lowest BCUT2D eigenvalue weighted by Gasteiger charge is -2.14. The van der Waals surface area contributed by atoms with Gasteiger partial charge in [0.05, 0.1) is 30.2 Å². The molecule has 0 unspecified atom stereocenters. The van der Waals surface area contributed by atoms with Gasteiger partial charge in [0.25, 0.3) is 0 Å². The zero-order valence-corrected chi connectivity index (χ0v) is 12.9. The van der Waals surface area contributed by atoms with Gasteiger partial charge < -0.3 is 19.7 Å². The van der Waals surface area contributed by atoms with E-state index < -0.39 is 11.9 Å². The van der Waals surface area contributed by atoms with E-state index in [4.69, 9.17) is 14.4 Å². The van der Waals surface area contributed by atoms with Gasteiger partial charge in [0.15, 0.2) is 0 Å². The number of aryl methyl sites for hydroxylation is 1. The molecule has 1 fully saturated rings. The highest BCUT2D eigenvalue weighted by molar-refractivity contribution is 5.90. The van der Waals surface area contributed by atoms with Gasteiger partial charge in [0.1, 0.15) is 18.2 Å². The van der Waals surface area contributed by atoms with Gasteiger partial charge in [-0.3, -0.25) is 4.90 Å². The molecular formula is C16H18FN3O4. The number of amides is 1. The number of carbonyl (C=O) groups is 1. The van der Waals surface area contributed by atoms with E-state index >= 15 is 0 Å². The largest absolute Gasteiger partial charge is 0.444 e. The monoisotopic (exact) mass is 335 g/mol. The fourth-order valence-corrected chi connectivity index (χ4v) is 2.56. The summed E-state index contributed by atoms with van der Waals surface area (Å²) in [6, 6.07) is 6.23. The van der Waals surface area contributed by atoms with E-state index in [1.54, 1.807) is 12.1 Å². The fraction of sp³-hybridized carbons (Fsp3) is 0.375. The summed E-state index contributed by atoms with van der Waals surface area (Å²) >= 11 is 0. The van der Waals surface area contributed by atoms with E-state index in [0.717, 1.165) is 5.69 Å². The van der Waals surface area contributed by atoms with Crippen molar-refractivity contribution in [3.05, 3.63) is 42.0 Å². The third-order valence-electron chi connectivity index (χ3n) is 3.78. The second-order valence-corrected chi connectivity index (χ2v) is 5.46. The Balaban J connectivity index is 1.62. The van der Waals surface area contributed by atoms with E-state index in [9.17, 15) is 9.18 Å². The van der Waals surface area contributed by atoms with Crippen LogP contribution in [0.5, 0.6) is 0 Å². The number of benzene rings is 1. The number of aromatic nitrogens is 1. The summed E-state index contributed by atoms with van der Waals surface area (Å²) in [5, 5.41) is 15.3. The minimum Gasteiger partial charge on any atom is -0.444 e. The van der Waals surface area contributed by atoms with Crippen molar-refractivity contribution in [2.24, 2.45) is 0 Å². The van der Waals surface area contributed by atoms with Crippen molar-refractivity contribution in [1.82, 2.24) is 5.16 Å². The first kappa shape index (κ1) is 16.3. The first-order valence-corrected chi connectivity index (χ1v) is 7.69. The van der Waals surface area contributed by atoms with Crippen LogP contribution < -0.4 is 10.2 Å². The molecule has 1 aromatic heterocycles. The number of hydrogen-bond acceptors (Lipinski definition) is 6. The highest BCUT2D eigenvalue weighted by atomic mass is 19.1. The summed E-state index contributed by atoms with van der Waals surface area (Å²) in [5.74, 6) is -0.486. The zero-order chi connectivity index (χ0) is 16.9. The van der Waals surface area contributed by atoms with Crippen molar-refractivity contribution in [1.29, 1.82) is 0 Å². The van der Waals surface area contributed by atoms with Crippen molar-refractivity contribution >= 4 is 17.5 Å². The van der Waals surface area contributed by atoms with Crippen LogP contribution in [0.25, 0.3) is 0 Å². The minimum atomic E-state index is -0.490. The van der Waals surface area contributed by atoms with E-state index in [0.29, 0.717) is 25.1 Å². The number of carbonyl (C=O) groups excluding carboxylic acids is 1. The third-order valence-corrected chi connectivity index (χ3v) is 3.78. The van der Waals surface area contributed by atoms with Crippen molar-refractivity contribution in [2.75, 3.05) is 29.9 Å². The van der Waals surface area contributed by atoms with E-state index in [2.05, 4.69) is 10.5 Å². The van der Waals surface area contributed by atoms with Gasteiger partial charge in [-0.1, -0.05) is 5.16 Å². The maximum atomic E-state index is 14.0. The first-order chi connectivity index (χ1) is 11.7. The molecule has 1 aliphatic heterocycles. The number of halogens is 1. The number of cyclic esters (lactones) is 1.